The van der Waals surface area contributed by atoms with E-state index in [1.807, 2.05) is 6.07 Å². The normalized spacial score (nSPS) is 18.8. The number of benzene rings is 1. The Balaban J connectivity index is 2.40. The highest BCUT2D eigenvalue weighted by Gasteiger charge is 2.40. The van der Waals surface area contributed by atoms with E-state index in [0.29, 0.717) is 11.5 Å². The van der Waals surface area contributed by atoms with Crippen LogP contribution < -0.4 is 14.8 Å². The van der Waals surface area contributed by atoms with Gasteiger partial charge < -0.3 is 14.8 Å². The average Bonchev–Trinajstić information content (AvgIpc) is 2.97. The summed E-state index contributed by atoms with van der Waals surface area (Å²) in [5, 5.41) is 3.54. The lowest BCUT2D eigenvalue weighted by Crippen LogP contribution is -2.34. The van der Waals surface area contributed by atoms with Crippen molar-refractivity contribution in [3.8, 4) is 11.5 Å². The molecular weight excluding hydrogens is 250 g/mol. The van der Waals surface area contributed by atoms with Crippen molar-refractivity contribution in [2.45, 2.75) is 45.1 Å². The topological polar surface area (TPSA) is 30.5 Å². The predicted octanol–water partition coefficient (Wildman–Crippen LogP) is 3.93. The molecule has 1 saturated carbocycles. The molecule has 0 aliphatic heterocycles. The number of hydrogen-bond acceptors (Lipinski definition) is 3. The van der Waals surface area contributed by atoms with Crippen molar-refractivity contribution < 1.29 is 9.47 Å². The Labute approximate surface area is 122 Å². The fourth-order valence-corrected chi connectivity index (χ4v) is 3.75. The first-order chi connectivity index (χ1) is 9.69. The molecule has 1 aromatic rings. The van der Waals surface area contributed by atoms with Gasteiger partial charge in [0.05, 0.1) is 14.2 Å². The summed E-state index contributed by atoms with van der Waals surface area (Å²) in [5.74, 6) is 1.73. The van der Waals surface area contributed by atoms with Gasteiger partial charge in [-0.05, 0) is 49.4 Å². The van der Waals surface area contributed by atoms with Gasteiger partial charge in [-0.15, -0.1) is 0 Å². The third-order valence-electron chi connectivity index (χ3n) is 4.91. The van der Waals surface area contributed by atoms with Crippen molar-refractivity contribution in [1.82, 2.24) is 5.32 Å². The molecule has 0 aromatic heterocycles. The van der Waals surface area contributed by atoms with Crippen LogP contribution in [0, 0.1) is 5.41 Å². The van der Waals surface area contributed by atoms with Crippen LogP contribution in [0.2, 0.25) is 0 Å². The molecule has 2 rings (SSSR count). The van der Waals surface area contributed by atoms with Gasteiger partial charge in [0.2, 0.25) is 0 Å². The molecule has 1 atom stereocenters. The SMILES string of the molecule is CCC1(C(NC)c2cc(OC)cc(OC)c2)CCCC1. The third-order valence-corrected chi connectivity index (χ3v) is 4.91. The largest absolute Gasteiger partial charge is 0.497 e. The second-order valence-electron chi connectivity index (χ2n) is 5.79. The summed E-state index contributed by atoms with van der Waals surface area (Å²) < 4.78 is 10.8. The van der Waals surface area contributed by atoms with Crippen molar-refractivity contribution in [3.63, 3.8) is 0 Å². The van der Waals surface area contributed by atoms with Crippen LogP contribution in [0.4, 0.5) is 0 Å². The Morgan fingerprint density at radius 1 is 1.10 bits per heavy atom. The lowest BCUT2D eigenvalue weighted by molar-refractivity contribution is 0.194. The monoisotopic (exact) mass is 277 g/mol. The Hall–Kier alpha value is -1.22. The Kier molecular flexibility index (Phi) is 4.92. The molecule has 0 radical (unpaired) electrons. The molecule has 3 nitrogen and oxygen atoms in total. The summed E-state index contributed by atoms with van der Waals surface area (Å²) in [6.45, 7) is 2.31. The maximum Gasteiger partial charge on any atom is 0.122 e. The van der Waals surface area contributed by atoms with Crippen molar-refractivity contribution in [2.24, 2.45) is 5.41 Å². The second-order valence-corrected chi connectivity index (χ2v) is 5.79. The van der Waals surface area contributed by atoms with Crippen LogP contribution in [-0.4, -0.2) is 21.3 Å². The van der Waals surface area contributed by atoms with Crippen molar-refractivity contribution >= 4 is 0 Å². The summed E-state index contributed by atoms with van der Waals surface area (Å²) in [5.41, 5.74) is 1.64. The minimum atomic E-state index is 0.360. The fraction of sp³-hybridized carbons (Fsp3) is 0.647. The van der Waals surface area contributed by atoms with Crippen LogP contribution in [0.3, 0.4) is 0 Å². The fourth-order valence-electron chi connectivity index (χ4n) is 3.75. The standard InChI is InChI=1S/C17H27NO2/c1-5-17(8-6-7-9-17)16(18-2)13-10-14(19-3)12-15(11-13)20-4/h10-12,16,18H,5-9H2,1-4H3. The first-order valence-electron chi connectivity index (χ1n) is 7.59. The molecule has 3 heteroatoms. The maximum absolute atomic E-state index is 5.41. The summed E-state index contributed by atoms with van der Waals surface area (Å²) >= 11 is 0. The first kappa shape index (κ1) is 15.2. The molecule has 112 valence electrons. The zero-order valence-corrected chi connectivity index (χ0v) is 13.2. The van der Waals surface area contributed by atoms with Crippen LogP contribution in [0.25, 0.3) is 0 Å². The zero-order valence-electron chi connectivity index (χ0n) is 13.2. The summed E-state index contributed by atoms with van der Waals surface area (Å²) in [6.07, 6.45) is 6.49. The van der Waals surface area contributed by atoms with Gasteiger partial charge in [0.25, 0.3) is 0 Å². The smallest absolute Gasteiger partial charge is 0.122 e. The molecule has 1 aliphatic carbocycles. The van der Waals surface area contributed by atoms with Crippen LogP contribution in [0.1, 0.15) is 50.6 Å². The first-order valence-corrected chi connectivity index (χ1v) is 7.59. The Morgan fingerprint density at radius 2 is 1.65 bits per heavy atom. The van der Waals surface area contributed by atoms with Gasteiger partial charge in [-0.3, -0.25) is 0 Å². The lowest BCUT2D eigenvalue weighted by atomic mass is 9.73. The highest BCUT2D eigenvalue weighted by Crippen LogP contribution is 2.50. The summed E-state index contributed by atoms with van der Waals surface area (Å²) in [7, 11) is 5.47. The molecule has 0 amide bonds. The van der Waals surface area contributed by atoms with Gasteiger partial charge in [0.15, 0.2) is 0 Å². The number of hydrogen-bond donors (Lipinski definition) is 1. The van der Waals surface area contributed by atoms with Crippen LogP contribution in [0.15, 0.2) is 18.2 Å². The van der Waals surface area contributed by atoms with E-state index in [1.165, 1.54) is 37.7 Å². The molecule has 1 fully saturated rings. The third kappa shape index (κ3) is 2.78. The highest BCUT2D eigenvalue weighted by atomic mass is 16.5. The molecule has 1 aromatic carbocycles. The number of ether oxygens (including phenoxy) is 2. The van der Waals surface area contributed by atoms with E-state index in [9.17, 15) is 0 Å². The summed E-state index contributed by atoms with van der Waals surface area (Å²) in [6, 6.07) is 6.57. The van der Waals surface area contributed by atoms with E-state index < -0.39 is 0 Å². The van der Waals surface area contributed by atoms with Gasteiger partial charge in [-0.25, -0.2) is 0 Å². The highest BCUT2D eigenvalue weighted by molar-refractivity contribution is 5.40. The van der Waals surface area contributed by atoms with Crippen molar-refractivity contribution in [3.05, 3.63) is 23.8 Å². The lowest BCUT2D eigenvalue weighted by Gasteiger charge is -2.37. The zero-order chi connectivity index (χ0) is 14.6. The molecule has 1 N–H and O–H groups in total. The van der Waals surface area contributed by atoms with Gasteiger partial charge in [0.1, 0.15) is 11.5 Å². The van der Waals surface area contributed by atoms with Crippen LogP contribution >= 0.6 is 0 Å². The van der Waals surface area contributed by atoms with Gasteiger partial charge in [-0.1, -0.05) is 19.8 Å². The van der Waals surface area contributed by atoms with E-state index in [1.54, 1.807) is 14.2 Å². The van der Waals surface area contributed by atoms with E-state index in [0.717, 1.165) is 11.5 Å². The minimum absolute atomic E-state index is 0.360. The maximum atomic E-state index is 5.41. The van der Waals surface area contributed by atoms with E-state index in [4.69, 9.17) is 9.47 Å². The minimum Gasteiger partial charge on any atom is -0.497 e. The van der Waals surface area contributed by atoms with Gasteiger partial charge in [-0.2, -0.15) is 0 Å². The molecule has 0 saturated heterocycles. The van der Waals surface area contributed by atoms with E-state index in [-0.39, 0.29) is 0 Å². The number of methoxy groups -OCH3 is 2. The second kappa shape index (κ2) is 6.49. The van der Waals surface area contributed by atoms with E-state index >= 15 is 0 Å². The quantitative estimate of drug-likeness (QED) is 0.854. The summed E-state index contributed by atoms with van der Waals surface area (Å²) in [4.78, 5) is 0. The molecule has 20 heavy (non-hydrogen) atoms. The van der Waals surface area contributed by atoms with Crippen molar-refractivity contribution in [1.29, 1.82) is 0 Å². The molecule has 0 spiro atoms. The van der Waals surface area contributed by atoms with Gasteiger partial charge in [0, 0.05) is 12.1 Å². The van der Waals surface area contributed by atoms with Crippen molar-refractivity contribution in [2.75, 3.05) is 21.3 Å². The Morgan fingerprint density at radius 3 is 2.05 bits per heavy atom. The average molecular weight is 277 g/mol. The van der Waals surface area contributed by atoms with E-state index in [2.05, 4.69) is 31.4 Å². The Bertz CT molecular complexity index is 416. The van der Waals surface area contributed by atoms with Crippen LogP contribution in [0.5, 0.6) is 11.5 Å². The molecule has 0 heterocycles. The molecule has 0 bridgehead atoms. The molecule has 1 aliphatic rings. The predicted molar refractivity (Wildman–Crippen MR) is 82.5 cm³/mol. The molecular formula is C17H27NO2. The van der Waals surface area contributed by atoms with Gasteiger partial charge >= 0.3 is 0 Å². The number of rotatable bonds is 6. The number of nitrogens with one attached hydrogen (secondary N) is 1. The molecule has 1 unspecified atom stereocenters. The van der Waals surface area contributed by atoms with Crippen LogP contribution in [-0.2, 0) is 0 Å².